The van der Waals surface area contributed by atoms with Crippen LogP contribution in [0, 0.1) is 17.1 Å². The highest BCUT2D eigenvalue weighted by atomic mass is 19.1. The van der Waals surface area contributed by atoms with Gasteiger partial charge in [-0.15, -0.1) is 0 Å². The number of anilines is 2. The molecular formula is C33H31FN6O4. The highest BCUT2D eigenvalue weighted by Crippen LogP contribution is 2.26. The van der Waals surface area contributed by atoms with E-state index in [4.69, 9.17) is 4.74 Å². The van der Waals surface area contributed by atoms with Gasteiger partial charge in [-0.3, -0.25) is 19.0 Å². The number of nitrogens with zero attached hydrogens (tertiary/aromatic N) is 4. The van der Waals surface area contributed by atoms with Crippen molar-refractivity contribution in [3.63, 3.8) is 0 Å². The lowest BCUT2D eigenvalue weighted by Gasteiger charge is -2.29. The zero-order chi connectivity index (χ0) is 31.2. The number of morpholine rings is 1. The van der Waals surface area contributed by atoms with Crippen molar-refractivity contribution in [2.45, 2.75) is 19.5 Å². The molecule has 2 N–H and O–H groups in total. The van der Waals surface area contributed by atoms with E-state index in [1.54, 1.807) is 50.4 Å². The molecule has 44 heavy (non-hydrogen) atoms. The van der Waals surface area contributed by atoms with Gasteiger partial charge < -0.3 is 20.3 Å². The molecule has 1 aliphatic heterocycles. The Morgan fingerprint density at radius 1 is 1.07 bits per heavy atom. The molecule has 11 heteroatoms. The van der Waals surface area contributed by atoms with E-state index in [0.29, 0.717) is 59.8 Å². The van der Waals surface area contributed by atoms with Crippen LogP contribution in [-0.4, -0.2) is 60.6 Å². The van der Waals surface area contributed by atoms with Crippen LogP contribution in [0.3, 0.4) is 0 Å². The van der Waals surface area contributed by atoms with Crippen molar-refractivity contribution >= 4 is 23.2 Å². The van der Waals surface area contributed by atoms with Crippen molar-refractivity contribution in [2.24, 2.45) is 0 Å². The zero-order valence-electron chi connectivity index (χ0n) is 24.3. The van der Waals surface area contributed by atoms with Gasteiger partial charge in [0.15, 0.2) is 11.6 Å². The van der Waals surface area contributed by atoms with Crippen LogP contribution in [0.15, 0.2) is 77.7 Å². The van der Waals surface area contributed by atoms with Crippen LogP contribution in [0.25, 0.3) is 11.3 Å². The Morgan fingerprint density at radius 3 is 2.52 bits per heavy atom. The molecule has 1 atom stereocenters. The molecule has 1 fully saturated rings. The molecule has 4 aromatic rings. The van der Waals surface area contributed by atoms with Crippen LogP contribution < -0.4 is 21.1 Å². The molecule has 0 saturated carbocycles. The number of ketones is 1. The van der Waals surface area contributed by atoms with E-state index in [2.05, 4.69) is 26.6 Å². The largest absolute Gasteiger partial charge is 0.378 e. The van der Waals surface area contributed by atoms with Crippen LogP contribution in [0.1, 0.15) is 34.0 Å². The Bertz CT molecular complexity index is 1790. The first-order valence-electron chi connectivity index (χ1n) is 14.1. The molecule has 1 aromatic heterocycles. The van der Waals surface area contributed by atoms with Crippen molar-refractivity contribution in [3.05, 3.63) is 111 Å². The number of nitrogens with one attached hydrogen (secondary N) is 2. The molecule has 10 nitrogen and oxygen atoms in total. The summed E-state index contributed by atoms with van der Waals surface area (Å²) in [7, 11) is 1.63. The molecule has 5 rings (SSSR count). The first-order valence-corrected chi connectivity index (χ1v) is 14.1. The van der Waals surface area contributed by atoms with Crippen LogP contribution in [0.4, 0.5) is 15.9 Å². The molecule has 0 aliphatic carbocycles. The Morgan fingerprint density at radius 2 is 1.82 bits per heavy atom. The second-order valence-electron chi connectivity index (χ2n) is 10.4. The van der Waals surface area contributed by atoms with Crippen molar-refractivity contribution < 1.29 is 18.7 Å². The molecule has 224 valence electrons. The average molecular weight is 595 g/mol. The molecule has 0 bridgehead atoms. The first kappa shape index (κ1) is 30.3. The predicted octanol–water partition coefficient (Wildman–Crippen LogP) is 3.58. The van der Waals surface area contributed by atoms with Crippen molar-refractivity contribution in [2.75, 3.05) is 43.6 Å². The number of halogens is 1. The van der Waals surface area contributed by atoms with Gasteiger partial charge in [-0.1, -0.05) is 12.1 Å². The van der Waals surface area contributed by atoms with E-state index in [-0.39, 0.29) is 18.1 Å². The van der Waals surface area contributed by atoms with Gasteiger partial charge in [0.2, 0.25) is 5.91 Å². The van der Waals surface area contributed by atoms with E-state index < -0.39 is 23.3 Å². The summed E-state index contributed by atoms with van der Waals surface area (Å²) in [5, 5.41) is 14.9. The highest BCUT2D eigenvalue weighted by Gasteiger charge is 2.20. The number of hydrogen-bond acceptors (Lipinski definition) is 8. The maximum Gasteiger partial charge on any atom is 0.294 e. The van der Waals surface area contributed by atoms with E-state index in [9.17, 15) is 24.0 Å². The average Bonchev–Trinajstić information content (AvgIpc) is 3.06. The summed E-state index contributed by atoms with van der Waals surface area (Å²) in [5.41, 5.74) is 3.00. The molecule has 1 saturated heterocycles. The van der Waals surface area contributed by atoms with Crippen LogP contribution in [0.5, 0.6) is 0 Å². The van der Waals surface area contributed by atoms with Gasteiger partial charge in [-0.2, -0.15) is 5.26 Å². The minimum Gasteiger partial charge on any atom is -0.378 e. The van der Waals surface area contributed by atoms with Crippen molar-refractivity contribution in [1.29, 1.82) is 5.26 Å². The number of hydrogen-bond donors (Lipinski definition) is 2. The van der Waals surface area contributed by atoms with Gasteiger partial charge in [-0.25, -0.2) is 9.37 Å². The summed E-state index contributed by atoms with van der Waals surface area (Å²) in [6.07, 6.45) is 1.48. The van der Waals surface area contributed by atoms with Gasteiger partial charge in [0.05, 0.1) is 49.3 Å². The summed E-state index contributed by atoms with van der Waals surface area (Å²) in [5.74, 6) is -1.31. The topological polar surface area (TPSA) is 129 Å². The van der Waals surface area contributed by atoms with E-state index >= 15 is 0 Å². The van der Waals surface area contributed by atoms with Gasteiger partial charge in [0.1, 0.15) is 5.82 Å². The highest BCUT2D eigenvalue weighted by molar-refractivity contribution is 6.09. The van der Waals surface area contributed by atoms with E-state index in [0.717, 1.165) is 5.69 Å². The molecule has 0 radical (unpaired) electrons. The molecule has 0 spiro atoms. The Balaban J connectivity index is 1.63. The lowest BCUT2D eigenvalue weighted by Crippen LogP contribution is -2.38. The Hall–Kier alpha value is -5.18. The number of likely N-dealkylation sites (N-methyl/N-ethyl adjacent to an activating group) is 1. The number of aromatic nitrogens is 2. The third-order valence-corrected chi connectivity index (χ3v) is 7.47. The maximum absolute atomic E-state index is 13.9. The number of carbonyl (C=O) groups is 2. The Labute approximate surface area is 253 Å². The normalized spacial score (nSPS) is 13.6. The summed E-state index contributed by atoms with van der Waals surface area (Å²) in [4.78, 5) is 46.5. The lowest BCUT2D eigenvalue weighted by atomic mass is 9.99. The minimum atomic E-state index is -0.568. The van der Waals surface area contributed by atoms with Crippen LogP contribution in [0.2, 0.25) is 0 Å². The molecule has 0 unspecified atom stereocenters. The molecule has 1 aliphatic rings. The van der Waals surface area contributed by atoms with Gasteiger partial charge >= 0.3 is 0 Å². The quantitative estimate of drug-likeness (QED) is 0.282. The lowest BCUT2D eigenvalue weighted by molar-refractivity contribution is -0.117. The van der Waals surface area contributed by atoms with Gasteiger partial charge in [-0.05, 0) is 74.1 Å². The molecular weight excluding hydrogens is 563 g/mol. The predicted molar refractivity (Wildman–Crippen MR) is 164 cm³/mol. The van der Waals surface area contributed by atoms with Crippen molar-refractivity contribution in [1.82, 2.24) is 14.9 Å². The number of nitriles is 1. The van der Waals surface area contributed by atoms with E-state index in [1.165, 1.54) is 35.0 Å². The van der Waals surface area contributed by atoms with Crippen LogP contribution in [-0.2, 0) is 16.1 Å². The molecule has 3 aromatic carbocycles. The van der Waals surface area contributed by atoms with E-state index in [1.807, 2.05) is 6.07 Å². The molecule has 1 amide bonds. The first-order chi connectivity index (χ1) is 21.3. The summed E-state index contributed by atoms with van der Waals surface area (Å²) < 4.78 is 20.6. The second-order valence-corrected chi connectivity index (χ2v) is 10.4. The third-order valence-electron chi connectivity index (χ3n) is 7.47. The standard InChI is InChI=1S/C33H31FN6O4/c1-21(36-2)32(42)38-31-33(43)40(29(19-37-31)25-5-3-4-22(14-25)18-35)20-23-15-26(30(41)24-6-8-27(34)9-7-24)17-28(16-23)39-10-12-44-13-11-39/h3-9,14-17,19,21,36H,10-13,20H2,1-2H3,(H,37,38,42)/t21-/m0/s1. The number of ether oxygens (including phenoxy) is 1. The molecule has 2 heterocycles. The minimum absolute atomic E-state index is 0.0276. The maximum atomic E-state index is 13.9. The monoisotopic (exact) mass is 594 g/mol. The zero-order valence-corrected chi connectivity index (χ0v) is 24.3. The van der Waals surface area contributed by atoms with Crippen molar-refractivity contribution in [3.8, 4) is 17.3 Å². The fraction of sp³-hybridized carbons (Fsp3) is 0.242. The summed E-state index contributed by atoms with van der Waals surface area (Å²) >= 11 is 0. The second kappa shape index (κ2) is 13.4. The smallest absolute Gasteiger partial charge is 0.294 e. The summed E-state index contributed by atoms with van der Waals surface area (Å²) in [6.45, 7) is 3.99. The number of benzene rings is 3. The number of amides is 1. The summed E-state index contributed by atoms with van der Waals surface area (Å²) in [6, 6.07) is 19.1. The third kappa shape index (κ3) is 6.72. The Kier molecular flexibility index (Phi) is 9.23. The number of carbonyl (C=O) groups excluding carboxylic acids is 2. The van der Waals surface area contributed by atoms with Gasteiger partial charge in [0.25, 0.3) is 5.56 Å². The van der Waals surface area contributed by atoms with Crippen LogP contribution >= 0.6 is 0 Å². The fourth-order valence-corrected chi connectivity index (χ4v) is 4.92. The SMILES string of the molecule is CN[C@@H](C)C(=O)Nc1ncc(-c2cccc(C#N)c2)n(Cc2cc(C(=O)c3ccc(F)cc3)cc(N3CCOCC3)c2)c1=O. The fourth-order valence-electron chi connectivity index (χ4n) is 4.92. The van der Waals surface area contributed by atoms with Gasteiger partial charge in [0, 0.05) is 35.5 Å². The number of rotatable bonds is 9.